The number of fused-ring (bicyclic) bond motifs is 1. The fourth-order valence-corrected chi connectivity index (χ4v) is 3.45. The third-order valence-electron chi connectivity index (χ3n) is 5.07. The summed E-state index contributed by atoms with van der Waals surface area (Å²) in [5, 5.41) is 0.523. The van der Waals surface area contributed by atoms with E-state index >= 15 is 0 Å². The second kappa shape index (κ2) is 10.3. The van der Waals surface area contributed by atoms with Crippen molar-refractivity contribution in [3.63, 3.8) is 0 Å². The summed E-state index contributed by atoms with van der Waals surface area (Å²) >= 11 is 0. The Morgan fingerprint density at radius 3 is 2.20 bits per heavy atom. The minimum atomic E-state index is -0.787. The van der Waals surface area contributed by atoms with Crippen LogP contribution in [0.3, 0.4) is 0 Å². The minimum Gasteiger partial charge on any atom is -0.481 e. The molecule has 0 radical (unpaired) electrons. The van der Waals surface area contributed by atoms with Gasteiger partial charge in [0, 0.05) is 10.9 Å². The zero-order chi connectivity index (χ0) is 24.9. The van der Waals surface area contributed by atoms with Gasteiger partial charge < -0.3 is 18.9 Å². The SMILES string of the molecule is CCOC(=O)c1c(OCc2c(F)cccc2F)nc2ccccc2c1-c1nc(OC)cc(OC)n1. The van der Waals surface area contributed by atoms with E-state index < -0.39 is 24.2 Å². The molecular formula is C25H21F2N3O5. The van der Waals surface area contributed by atoms with Gasteiger partial charge in [0.25, 0.3) is 0 Å². The summed E-state index contributed by atoms with van der Waals surface area (Å²) in [7, 11) is 2.86. The molecule has 2 aromatic carbocycles. The first-order valence-corrected chi connectivity index (χ1v) is 10.6. The van der Waals surface area contributed by atoms with Gasteiger partial charge >= 0.3 is 5.97 Å². The van der Waals surface area contributed by atoms with E-state index in [9.17, 15) is 13.6 Å². The smallest absolute Gasteiger partial charge is 0.344 e. The zero-order valence-electron chi connectivity index (χ0n) is 19.2. The van der Waals surface area contributed by atoms with Gasteiger partial charge in [0.2, 0.25) is 17.6 Å². The number of methoxy groups -OCH3 is 2. The molecule has 0 N–H and O–H groups in total. The number of carbonyl (C=O) groups is 1. The number of benzene rings is 2. The molecule has 0 spiro atoms. The Labute approximate surface area is 199 Å². The first-order valence-electron chi connectivity index (χ1n) is 10.6. The molecule has 0 unspecified atom stereocenters. The van der Waals surface area contributed by atoms with Crippen molar-refractivity contribution in [3.05, 3.63) is 71.3 Å². The highest BCUT2D eigenvalue weighted by molar-refractivity contribution is 6.07. The summed E-state index contributed by atoms with van der Waals surface area (Å²) in [6.07, 6.45) is 0. The van der Waals surface area contributed by atoms with E-state index in [0.29, 0.717) is 10.9 Å². The van der Waals surface area contributed by atoms with Crippen molar-refractivity contribution in [2.75, 3.05) is 20.8 Å². The van der Waals surface area contributed by atoms with Crippen molar-refractivity contribution in [1.29, 1.82) is 0 Å². The number of nitrogens with zero attached hydrogens (tertiary/aromatic N) is 3. The van der Waals surface area contributed by atoms with E-state index in [1.807, 2.05) is 0 Å². The first-order chi connectivity index (χ1) is 17.0. The van der Waals surface area contributed by atoms with Crippen LogP contribution in [0.4, 0.5) is 8.78 Å². The van der Waals surface area contributed by atoms with Crippen LogP contribution in [0.2, 0.25) is 0 Å². The lowest BCUT2D eigenvalue weighted by molar-refractivity contribution is 0.0521. The molecule has 4 rings (SSSR count). The van der Waals surface area contributed by atoms with Gasteiger partial charge in [-0.25, -0.2) is 18.6 Å². The van der Waals surface area contributed by atoms with Gasteiger partial charge in [-0.1, -0.05) is 24.3 Å². The number of carbonyl (C=O) groups excluding carboxylic acids is 1. The van der Waals surface area contributed by atoms with Gasteiger partial charge in [0.05, 0.1) is 38.0 Å². The summed E-state index contributed by atoms with van der Waals surface area (Å²) in [5.74, 6) is -2.06. The van der Waals surface area contributed by atoms with E-state index in [1.165, 1.54) is 26.4 Å². The summed E-state index contributed by atoms with van der Waals surface area (Å²) < 4.78 is 50.0. The van der Waals surface area contributed by atoms with Crippen LogP contribution in [-0.2, 0) is 11.3 Å². The number of ether oxygens (including phenoxy) is 4. The topological polar surface area (TPSA) is 92.7 Å². The number of rotatable bonds is 8. The molecule has 0 aliphatic heterocycles. The van der Waals surface area contributed by atoms with Crippen molar-refractivity contribution in [2.24, 2.45) is 0 Å². The maximum absolute atomic E-state index is 14.2. The molecule has 35 heavy (non-hydrogen) atoms. The molecule has 8 nitrogen and oxygen atoms in total. The molecule has 0 atom stereocenters. The van der Waals surface area contributed by atoms with Crippen molar-refractivity contribution in [1.82, 2.24) is 15.0 Å². The first kappa shape index (κ1) is 23.8. The number of halogens is 2. The Morgan fingerprint density at radius 1 is 0.914 bits per heavy atom. The molecule has 4 aromatic rings. The summed E-state index contributed by atoms with van der Waals surface area (Å²) in [6, 6.07) is 11.9. The van der Waals surface area contributed by atoms with Crippen LogP contribution in [0.5, 0.6) is 17.6 Å². The highest BCUT2D eigenvalue weighted by Gasteiger charge is 2.27. The highest BCUT2D eigenvalue weighted by Crippen LogP contribution is 2.37. The van der Waals surface area contributed by atoms with Gasteiger partial charge in [0.15, 0.2) is 5.82 Å². The van der Waals surface area contributed by atoms with Crippen LogP contribution >= 0.6 is 0 Å². The van der Waals surface area contributed by atoms with Crippen LogP contribution in [0.1, 0.15) is 22.8 Å². The molecule has 2 heterocycles. The second-order valence-electron chi connectivity index (χ2n) is 7.17. The number of hydrogen-bond donors (Lipinski definition) is 0. The Bertz CT molecular complexity index is 1350. The largest absolute Gasteiger partial charge is 0.481 e. The predicted octanol–water partition coefficient (Wildman–Crippen LogP) is 4.74. The number of hydrogen-bond acceptors (Lipinski definition) is 8. The number of esters is 1. The Hall–Kier alpha value is -4.34. The van der Waals surface area contributed by atoms with Gasteiger partial charge in [0.1, 0.15) is 23.8 Å². The average molecular weight is 481 g/mol. The van der Waals surface area contributed by atoms with Crippen LogP contribution in [-0.4, -0.2) is 41.7 Å². The Kier molecular flexibility index (Phi) is 7.00. The molecule has 0 bridgehead atoms. The molecular weight excluding hydrogens is 460 g/mol. The number of aromatic nitrogens is 3. The quantitative estimate of drug-likeness (QED) is 0.333. The van der Waals surface area contributed by atoms with Crippen LogP contribution in [0.25, 0.3) is 22.3 Å². The third kappa shape index (κ3) is 4.81. The summed E-state index contributed by atoms with van der Waals surface area (Å²) in [6.45, 7) is 1.19. The minimum absolute atomic E-state index is 0.0643. The Morgan fingerprint density at radius 2 is 1.57 bits per heavy atom. The summed E-state index contributed by atoms with van der Waals surface area (Å²) in [4.78, 5) is 26.4. The molecule has 0 saturated heterocycles. The Balaban J connectivity index is 1.97. The molecule has 180 valence electrons. The fraction of sp³-hybridized carbons (Fsp3) is 0.200. The third-order valence-corrected chi connectivity index (χ3v) is 5.07. The number of para-hydroxylation sites is 1. The zero-order valence-corrected chi connectivity index (χ0v) is 19.2. The van der Waals surface area contributed by atoms with E-state index in [2.05, 4.69) is 15.0 Å². The standard InChI is InChI=1S/C25H21F2N3O5/c1-4-34-25(31)22-21(23-29-19(32-2)12-20(30-23)33-3)14-8-5-6-11-18(14)28-24(22)35-13-15-16(26)9-7-10-17(15)27/h5-12H,4,13H2,1-3H3. The maximum Gasteiger partial charge on any atom is 0.344 e. The highest BCUT2D eigenvalue weighted by atomic mass is 19.1. The molecule has 0 fully saturated rings. The van der Waals surface area contributed by atoms with Crippen LogP contribution < -0.4 is 14.2 Å². The lowest BCUT2D eigenvalue weighted by Crippen LogP contribution is -2.13. The van der Waals surface area contributed by atoms with Gasteiger partial charge in [-0.15, -0.1) is 0 Å². The van der Waals surface area contributed by atoms with Crippen molar-refractivity contribution >= 4 is 16.9 Å². The monoisotopic (exact) mass is 481 g/mol. The van der Waals surface area contributed by atoms with E-state index in [4.69, 9.17) is 18.9 Å². The van der Waals surface area contributed by atoms with E-state index in [1.54, 1.807) is 31.2 Å². The lowest BCUT2D eigenvalue weighted by Gasteiger charge is -2.17. The molecule has 0 aliphatic carbocycles. The predicted molar refractivity (Wildman–Crippen MR) is 123 cm³/mol. The summed E-state index contributed by atoms with van der Waals surface area (Å²) in [5.41, 5.74) is 0.274. The molecule has 0 amide bonds. The van der Waals surface area contributed by atoms with Crippen LogP contribution in [0, 0.1) is 11.6 Å². The molecule has 2 aromatic heterocycles. The van der Waals surface area contributed by atoms with Gasteiger partial charge in [-0.05, 0) is 25.1 Å². The molecule has 0 saturated carbocycles. The van der Waals surface area contributed by atoms with Crippen molar-refractivity contribution in [3.8, 4) is 29.0 Å². The van der Waals surface area contributed by atoms with Crippen LogP contribution in [0.15, 0.2) is 48.5 Å². The number of pyridine rings is 1. The maximum atomic E-state index is 14.2. The van der Waals surface area contributed by atoms with Gasteiger partial charge in [-0.3, -0.25) is 0 Å². The fourth-order valence-electron chi connectivity index (χ4n) is 3.45. The van der Waals surface area contributed by atoms with E-state index in [-0.39, 0.29) is 46.8 Å². The molecule has 0 aliphatic rings. The van der Waals surface area contributed by atoms with Crippen molar-refractivity contribution in [2.45, 2.75) is 13.5 Å². The molecule has 10 heteroatoms. The van der Waals surface area contributed by atoms with Gasteiger partial charge in [-0.2, -0.15) is 9.97 Å². The van der Waals surface area contributed by atoms with Crippen molar-refractivity contribution < 1.29 is 32.5 Å². The average Bonchev–Trinajstić information content (AvgIpc) is 2.87. The lowest BCUT2D eigenvalue weighted by atomic mass is 10.0. The van der Waals surface area contributed by atoms with E-state index in [0.717, 1.165) is 12.1 Å². The second-order valence-corrected chi connectivity index (χ2v) is 7.17. The normalized spacial score (nSPS) is 10.8.